The Bertz CT molecular complexity index is 890. The van der Waals surface area contributed by atoms with Crippen molar-refractivity contribution in [2.75, 3.05) is 11.5 Å². The van der Waals surface area contributed by atoms with E-state index in [9.17, 15) is 16.8 Å². The standard InChI is InChI=1S/C16H19NO4S3/c1-12(13-6-3-2-4-7-13)17-14-10-23(18,19)11-15(14)24(20,21)16-8-5-9-22-16/h2-9,12,14-15,17H,10-11H2,1H3/t12?,14-,15-/m1/s1. The highest BCUT2D eigenvalue weighted by Gasteiger charge is 2.46. The summed E-state index contributed by atoms with van der Waals surface area (Å²) in [5.41, 5.74) is 0.995. The van der Waals surface area contributed by atoms with Crippen LogP contribution >= 0.6 is 11.3 Å². The summed E-state index contributed by atoms with van der Waals surface area (Å²) in [7, 11) is -7.05. The molecule has 1 aliphatic rings. The van der Waals surface area contributed by atoms with E-state index in [1.807, 2.05) is 37.3 Å². The maximum atomic E-state index is 12.8. The van der Waals surface area contributed by atoms with Crippen LogP contribution in [0.3, 0.4) is 0 Å². The highest BCUT2D eigenvalue weighted by atomic mass is 32.2. The Morgan fingerprint density at radius 3 is 2.46 bits per heavy atom. The average molecular weight is 386 g/mol. The minimum absolute atomic E-state index is 0.134. The van der Waals surface area contributed by atoms with Crippen LogP contribution in [0.25, 0.3) is 0 Å². The van der Waals surface area contributed by atoms with Crippen LogP contribution in [-0.2, 0) is 19.7 Å². The van der Waals surface area contributed by atoms with Crippen molar-refractivity contribution in [1.29, 1.82) is 0 Å². The Morgan fingerprint density at radius 2 is 1.83 bits per heavy atom. The Hall–Kier alpha value is -1.22. The van der Waals surface area contributed by atoms with Crippen LogP contribution in [0.2, 0.25) is 0 Å². The van der Waals surface area contributed by atoms with Gasteiger partial charge in [-0.3, -0.25) is 0 Å². The summed E-state index contributed by atoms with van der Waals surface area (Å²) < 4.78 is 50.0. The van der Waals surface area contributed by atoms with Crippen LogP contribution in [0.15, 0.2) is 52.1 Å². The van der Waals surface area contributed by atoms with Crippen LogP contribution in [0.5, 0.6) is 0 Å². The average Bonchev–Trinajstić information content (AvgIpc) is 3.16. The smallest absolute Gasteiger partial charge is 0.193 e. The Labute approximate surface area is 146 Å². The van der Waals surface area contributed by atoms with Gasteiger partial charge in [-0.25, -0.2) is 16.8 Å². The molecular weight excluding hydrogens is 366 g/mol. The first-order chi connectivity index (χ1) is 11.3. The van der Waals surface area contributed by atoms with Gasteiger partial charge in [0.05, 0.1) is 16.8 Å². The summed E-state index contributed by atoms with van der Waals surface area (Å²) in [6, 6.07) is 12.0. The molecule has 3 atom stereocenters. The second kappa shape index (κ2) is 6.59. The molecule has 1 aliphatic heterocycles. The normalized spacial score (nSPS) is 24.7. The molecule has 1 saturated heterocycles. The third-order valence-electron chi connectivity index (χ3n) is 4.24. The fourth-order valence-corrected chi connectivity index (χ4v) is 8.91. The number of hydrogen-bond donors (Lipinski definition) is 1. The van der Waals surface area contributed by atoms with Crippen LogP contribution in [0, 0.1) is 0 Å². The molecule has 3 rings (SSSR count). The van der Waals surface area contributed by atoms with Crippen molar-refractivity contribution in [2.24, 2.45) is 0 Å². The minimum atomic E-state index is -3.67. The van der Waals surface area contributed by atoms with Crippen LogP contribution in [0.4, 0.5) is 0 Å². The number of thiophene rings is 1. The first-order valence-corrected chi connectivity index (χ1v) is 11.8. The highest BCUT2D eigenvalue weighted by molar-refractivity contribution is 7.97. The van der Waals surface area contributed by atoms with E-state index >= 15 is 0 Å². The zero-order valence-corrected chi connectivity index (χ0v) is 15.6. The predicted molar refractivity (Wildman–Crippen MR) is 95.7 cm³/mol. The first-order valence-electron chi connectivity index (χ1n) is 7.58. The number of sulfone groups is 2. The molecule has 2 heterocycles. The molecule has 1 aromatic carbocycles. The topological polar surface area (TPSA) is 80.3 Å². The fourth-order valence-electron chi connectivity index (χ4n) is 3.01. The van der Waals surface area contributed by atoms with Gasteiger partial charge in [0, 0.05) is 12.1 Å². The zero-order valence-electron chi connectivity index (χ0n) is 13.1. The van der Waals surface area contributed by atoms with E-state index in [2.05, 4.69) is 5.32 Å². The Morgan fingerprint density at radius 1 is 1.12 bits per heavy atom. The van der Waals surface area contributed by atoms with Gasteiger partial charge in [0.25, 0.3) is 0 Å². The van der Waals surface area contributed by atoms with E-state index in [0.717, 1.165) is 16.9 Å². The second-order valence-corrected chi connectivity index (χ2v) is 11.5. The summed E-state index contributed by atoms with van der Waals surface area (Å²) in [5.74, 6) is -0.480. The van der Waals surface area contributed by atoms with Gasteiger partial charge >= 0.3 is 0 Å². The van der Waals surface area contributed by atoms with Gasteiger partial charge < -0.3 is 5.32 Å². The molecule has 0 aliphatic carbocycles. The molecule has 0 spiro atoms. The van der Waals surface area contributed by atoms with Crippen molar-refractivity contribution in [1.82, 2.24) is 5.32 Å². The van der Waals surface area contributed by atoms with E-state index in [-0.39, 0.29) is 21.8 Å². The van der Waals surface area contributed by atoms with Crippen molar-refractivity contribution in [3.63, 3.8) is 0 Å². The summed E-state index contributed by atoms with van der Waals surface area (Å²) in [5, 5.41) is 3.95. The van der Waals surface area contributed by atoms with Crippen molar-refractivity contribution in [2.45, 2.75) is 28.5 Å². The molecule has 1 N–H and O–H groups in total. The molecule has 0 saturated carbocycles. The third kappa shape index (κ3) is 3.56. The lowest BCUT2D eigenvalue weighted by molar-refractivity contribution is 0.476. The number of rotatable bonds is 5. The summed E-state index contributed by atoms with van der Waals surface area (Å²) in [6.45, 7) is 1.91. The van der Waals surface area contributed by atoms with Gasteiger partial charge in [-0.2, -0.15) is 0 Å². The highest BCUT2D eigenvalue weighted by Crippen LogP contribution is 2.29. The molecule has 1 unspecified atom stereocenters. The largest absolute Gasteiger partial charge is 0.305 e. The molecule has 5 nitrogen and oxygen atoms in total. The van der Waals surface area contributed by atoms with E-state index < -0.39 is 31.0 Å². The number of hydrogen-bond acceptors (Lipinski definition) is 6. The SMILES string of the molecule is CC(N[C@@H]1CS(=O)(=O)C[C@H]1S(=O)(=O)c1cccs1)c1ccccc1. The zero-order chi connectivity index (χ0) is 17.4. The van der Waals surface area contributed by atoms with E-state index in [1.54, 1.807) is 11.4 Å². The van der Waals surface area contributed by atoms with E-state index in [4.69, 9.17) is 0 Å². The third-order valence-corrected chi connectivity index (χ3v) is 9.82. The first kappa shape index (κ1) is 17.6. The second-order valence-electron chi connectivity index (χ2n) is 6.00. The summed E-state index contributed by atoms with van der Waals surface area (Å²) in [6.07, 6.45) is 0. The van der Waals surface area contributed by atoms with Crippen molar-refractivity contribution < 1.29 is 16.8 Å². The predicted octanol–water partition coefficient (Wildman–Crippen LogP) is 2.04. The van der Waals surface area contributed by atoms with Gasteiger partial charge in [-0.1, -0.05) is 36.4 Å². The van der Waals surface area contributed by atoms with Crippen LogP contribution in [0.1, 0.15) is 18.5 Å². The van der Waals surface area contributed by atoms with Gasteiger partial charge in [-0.05, 0) is 23.9 Å². The number of nitrogens with one attached hydrogen (secondary N) is 1. The van der Waals surface area contributed by atoms with Crippen molar-refractivity contribution in [3.8, 4) is 0 Å². The maximum absolute atomic E-state index is 12.8. The lowest BCUT2D eigenvalue weighted by Crippen LogP contribution is -2.44. The molecule has 1 fully saturated rings. The summed E-state index contributed by atoms with van der Waals surface area (Å²) >= 11 is 1.12. The lowest BCUT2D eigenvalue weighted by Gasteiger charge is -2.23. The lowest BCUT2D eigenvalue weighted by atomic mass is 10.1. The van der Waals surface area contributed by atoms with Crippen LogP contribution < -0.4 is 5.32 Å². The van der Waals surface area contributed by atoms with Gasteiger partial charge in [0.2, 0.25) is 0 Å². The molecule has 8 heteroatoms. The monoisotopic (exact) mass is 385 g/mol. The van der Waals surface area contributed by atoms with Crippen molar-refractivity contribution >= 4 is 31.0 Å². The molecule has 0 bridgehead atoms. The van der Waals surface area contributed by atoms with Gasteiger partial charge in [-0.15, -0.1) is 11.3 Å². The molecule has 1 aromatic heterocycles. The quantitative estimate of drug-likeness (QED) is 0.852. The van der Waals surface area contributed by atoms with Gasteiger partial charge in [0.15, 0.2) is 19.7 Å². The van der Waals surface area contributed by atoms with Gasteiger partial charge in [0.1, 0.15) is 4.21 Å². The molecule has 24 heavy (non-hydrogen) atoms. The number of benzene rings is 1. The maximum Gasteiger partial charge on any atom is 0.193 e. The van der Waals surface area contributed by atoms with E-state index in [1.165, 1.54) is 6.07 Å². The Kier molecular flexibility index (Phi) is 4.83. The molecular formula is C16H19NO4S3. The molecule has 130 valence electrons. The van der Waals surface area contributed by atoms with Crippen molar-refractivity contribution in [3.05, 3.63) is 53.4 Å². The summed E-state index contributed by atoms with van der Waals surface area (Å²) in [4.78, 5) is 0. The molecule has 2 aromatic rings. The molecule has 0 radical (unpaired) electrons. The fraction of sp³-hybridized carbons (Fsp3) is 0.375. The Balaban J connectivity index is 1.88. The van der Waals surface area contributed by atoms with Crippen LogP contribution in [-0.4, -0.2) is 39.6 Å². The van der Waals surface area contributed by atoms with E-state index in [0.29, 0.717) is 0 Å². The molecule has 0 amide bonds. The minimum Gasteiger partial charge on any atom is -0.305 e.